The summed E-state index contributed by atoms with van der Waals surface area (Å²) in [6.45, 7) is 2.04. The predicted molar refractivity (Wildman–Crippen MR) is 109 cm³/mol. The van der Waals surface area contributed by atoms with Gasteiger partial charge < -0.3 is 9.84 Å². The minimum atomic E-state index is -0.821. The van der Waals surface area contributed by atoms with Crippen molar-refractivity contribution in [1.29, 1.82) is 5.26 Å². The second kappa shape index (κ2) is 8.41. The van der Waals surface area contributed by atoms with Gasteiger partial charge >= 0.3 is 5.97 Å². The average Bonchev–Trinajstić information content (AvgIpc) is 2.72. The number of carboxylic acids is 1. The molecule has 0 aliphatic rings. The van der Waals surface area contributed by atoms with E-state index < -0.39 is 5.97 Å². The molecule has 0 heterocycles. The first kappa shape index (κ1) is 19.2. The van der Waals surface area contributed by atoms with Crippen LogP contribution in [0.5, 0.6) is 5.75 Å². The highest BCUT2D eigenvalue weighted by Gasteiger charge is 2.12. The zero-order valence-corrected chi connectivity index (χ0v) is 15.9. The topological polar surface area (TPSA) is 70.3 Å². The van der Waals surface area contributed by atoms with E-state index in [1.165, 1.54) is 0 Å². The van der Waals surface area contributed by atoms with Crippen molar-refractivity contribution < 1.29 is 14.6 Å². The van der Waals surface area contributed by atoms with Gasteiger partial charge in [0.1, 0.15) is 5.75 Å². The van der Waals surface area contributed by atoms with Crippen LogP contribution >= 0.6 is 0 Å². The molecule has 0 bridgehead atoms. The Balaban J connectivity index is 2.02. The van der Waals surface area contributed by atoms with Crippen LogP contribution in [-0.2, 0) is 11.2 Å². The summed E-state index contributed by atoms with van der Waals surface area (Å²) in [5.74, 6) is -0.107. The molecule has 0 saturated carbocycles. The van der Waals surface area contributed by atoms with Gasteiger partial charge in [0.15, 0.2) is 0 Å². The number of benzene rings is 3. The molecule has 3 rings (SSSR count). The molecule has 0 spiro atoms. The number of ether oxygens (including phenoxy) is 1. The first-order chi connectivity index (χ1) is 13.5. The van der Waals surface area contributed by atoms with Crippen LogP contribution < -0.4 is 4.74 Å². The van der Waals surface area contributed by atoms with E-state index in [-0.39, 0.29) is 6.42 Å². The zero-order chi connectivity index (χ0) is 20.1. The Morgan fingerprint density at radius 2 is 1.79 bits per heavy atom. The van der Waals surface area contributed by atoms with Crippen LogP contribution in [0.1, 0.15) is 23.1 Å². The van der Waals surface area contributed by atoms with Crippen molar-refractivity contribution in [2.45, 2.75) is 19.8 Å². The van der Waals surface area contributed by atoms with Gasteiger partial charge in [-0.05, 0) is 71.0 Å². The lowest BCUT2D eigenvalue weighted by atomic mass is 9.91. The van der Waals surface area contributed by atoms with Crippen LogP contribution in [0.25, 0.3) is 22.3 Å². The van der Waals surface area contributed by atoms with E-state index in [1.54, 1.807) is 13.2 Å². The molecule has 140 valence electrons. The summed E-state index contributed by atoms with van der Waals surface area (Å²) < 4.78 is 5.31. The van der Waals surface area contributed by atoms with Gasteiger partial charge in [0.05, 0.1) is 18.7 Å². The van der Waals surface area contributed by atoms with Gasteiger partial charge in [-0.15, -0.1) is 0 Å². The van der Waals surface area contributed by atoms with Crippen molar-refractivity contribution in [3.05, 3.63) is 77.4 Å². The largest absolute Gasteiger partial charge is 0.497 e. The molecule has 0 aliphatic carbocycles. The number of aliphatic carboxylic acids is 1. The van der Waals surface area contributed by atoms with Crippen LogP contribution in [0, 0.1) is 18.3 Å². The molecule has 0 unspecified atom stereocenters. The Hall–Kier alpha value is -3.58. The van der Waals surface area contributed by atoms with E-state index in [9.17, 15) is 4.79 Å². The maximum Gasteiger partial charge on any atom is 0.303 e. The van der Waals surface area contributed by atoms with E-state index in [1.807, 2.05) is 49.4 Å². The molecular formula is C24H21NO3. The molecular weight excluding hydrogens is 350 g/mol. The Labute approximate surface area is 164 Å². The lowest BCUT2D eigenvalue weighted by Crippen LogP contribution is -2.00. The Bertz CT molecular complexity index is 1060. The first-order valence-electron chi connectivity index (χ1n) is 9.02. The highest BCUT2D eigenvalue weighted by Crippen LogP contribution is 2.33. The lowest BCUT2D eigenvalue weighted by molar-refractivity contribution is -0.136. The van der Waals surface area contributed by atoms with E-state index in [4.69, 9.17) is 15.1 Å². The first-order valence-corrected chi connectivity index (χ1v) is 9.02. The maximum absolute atomic E-state index is 11.0. The van der Waals surface area contributed by atoms with Gasteiger partial charge in [-0.1, -0.05) is 36.4 Å². The van der Waals surface area contributed by atoms with E-state index in [0.29, 0.717) is 17.7 Å². The molecule has 0 saturated heterocycles. The molecule has 0 fully saturated rings. The average molecular weight is 371 g/mol. The number of hydrogen-bond acceptors (Lipinski definition) is 3. The van der Waals surface area contributed by atoms with Crippen LogP contribution in [0.4, 0.5) is 0 Å². The SMILES string of the molecule is COc1ccc(-c2ccc(-c3cccc(C#N)c3)cc2C)c(CCC(=O)O)c1. The third-order valence-corrected chi connectivity index (χ3v) is 4.76. The third-order valence-electron chi connectivity index (χ3n) is 4.76. The summed E-state index contributed by atoms with van der Waals surface area (Å²) in [4.78, 5) is 11.0. The summed E-state index contributed by atoms with van der Waals surface area (Å²) in [6.07, 6.45) is 0.505. The molecule has 4 heteroatoms. The fraction of sp³-hybridized carbons (Fsp3) is 0.167. The van der Waals surface area contributed by atoms with Crippen molar-refractivity contribution >= 4 is 5.97 Å². The number of carboxylic acid groups (broad SMARTS) is 1. The van der Waals surface area contributed by atoms with Crippen molar-refractivity contribution in [3.63, 3.8) is 0 Å². The summed E-state index contributed by atoms with van der Waals surface area (Å²) in [5, 5.41) is 18.2. The molecule has 3 aromatic carbocycles. The molecule has 4 nitrogen and oxygen atoms in total. The van der Waals surface area contributed by atoms with Gasteiger partial charge in [0.25, 0.3) is 0 Å². The molecule has 0 radical (unpaired) electrons. The zero-order valence-electron chi connectivity index (χ0n) is 15.9. The van der Waals surface area contributed by atoms with Crippen molar-refractivity contribution in [3.8, 4) is 34.1 Å². The number of rotatable bonds is 6. The van der Waals surface area contributed by atoms with Gasteiger partial charge in [0, 0.05) is 6.42 Å². The Morgan fingerprint density at radius 3 is 2.46 bits per heavy atom. The van der Waals surface area contributed by atoms with Crippen LogP contribution in [0.15, 0.2) is 60.7 Å². The summed E-state index contributed by atoms with van der Waals surface area (Å²) >= 11 is 0. The minimum absolute atomic E-state index is 0.0677. The van der Waals surface area contributed by atoms with E-state index >= 15 is 0 Å². The van der Waals surface area contributed by atoms with Gasteiger partial charge in [-0.25, -0.2) is 0 Å². The van der Waals surface area contributed by atoms with Crippen molar-refractivity contribution in [1.82, 2.24) is 0 Å². The second-order valence-corrected chi connectivity index (χ2v) is 6.64. The van der Waals surface area contributed by atoms with Crippen LogP contribution in [0.3, 0.4) is 0 Å². The second-order valence-electron chi connectivity index (χ2n) is 6.64. The number of nitriles is 1. The fourth-order valence-corrected chi connectivity index (χ4v) is 3.32. The molecule has 3 aromatic rings. The number of nitrogens with zero attached hydrogens (tertiary/aromatic N) is 1. The molecule has 0 aliphatic heterocycles. The quantitative estimate of drug-likeness (QED) is 0.644. The van der Waals surface area contributed by atoms with Gasteiger partial charge in [-0.3, -0.25) is 4.79 Å². The molecule has 0 aromatic heterocycles. The number of methoxy groups -OCH3 is 1. The monoisotopic (exact) mass is 371 g/mol. The third kappa shape index (κ3) is 4.21. The lowest BCUT2D eigenvalue weighted by Gasteiger charge is -2.15. The molecule has 1 N–H and O–H groups in total. The number of carbonyl (C=O) groups is 1. The van der Waals surface area contributed by atoms with E-state index in [2.05, 4.69) is 18.2 Å². The number of hydrogen-bond donors (Lipinski definition) is 1. The maximum atomic E-state index is 11.0. The smallest absolute Gasteiger partial charge is 0.303 e. The standard InChI is InChI=1S/C24H21NO3/c1-16-12-19(18-5-3-4-17(13-18)15-25)6-9-22(16)23-10-8-21(28-2)14-20(23)7-11-24(26)27/h3-6,8-10,12-14H,7,11H2,1-2H3,(H,26,27). The highest BCUT2D eigenvalue weighted by atomic mass is 16.5. The van der Waals surface area contributed by atoms with Crippen molar-refractivity contribution in [2.24, 2.45) is 0 Å². The summed E-state index contributed by atoms with van der Waals surface area (Å²) in [6, 6.07) is 21.7. The summed E-state index contributed by atoms with van der Waals surface area (Å²) in [5.41, 5.74) is 6.77. The highest BCUT2D eigenvalue weighted by molar-refractivity contribution is 5.77. The van der Waals surface area contributed by atoms with E-state index in [0.717, 1.165) is 33.4 Å². The summed E-state index contributed by atoms with van der Waals surface area (Å²) in [7, 11) is 1.60. The number of aryl methyl sites for hydroxylation is 2. The fourth-order valence-electron chi connectivity index (χ4n) is 3.32. The van der Waals surface area contributed by atoms with Crippen LogP contribution in [0.2, 0.25) is 0 Å². The molecule has 0 atom stereocenters. The molecule has 0 amide bonds. The van der Waals surface area contributed by atoms with Crippen molar-refractivity contribution in [2.75, 3.05) is 7.11 Å². The minimum Gasteiger partial charge on any atom is -0.497 e. The van der Waals surface area contributed by atoms with Crippen LogP contribution in [-0.4, -0.2) is 18.2 Å². The van der Waals surface area contributed by atoms with Gasteiger partial charge in [0.2, 0.25) is 0 Å². The predicted octanol–water partition coefficient (Wildman–Crippen LogP) is 5.23. The molecule has 28 heavy (non-hydrogen) atoms. The Kier molecular flexibility index (Phi) is 5.76. The Morgan fingerprint density at radius 1 is 1.04 bits per heavy atom. The normalized spacial score (nSPS) is 10.3. The van der Waals surface area contributed by atoms with Gasteiger partial charge in [-0.2, -0.15) is 5.26 Å².